The summed E-state index contributed by atoms with van der Waals surface area (Å²) in [6.07, 6.45) is 0. The van der Waals surface area contributed by atoms with Crippen molar-refractivity contribution in [1.29, 1.82) is 0 Å². The molecule has 1 heterocycles. The molecule has 2 aromatic rings. The topological polar surface area (TPSA) is 144 Å². The molecule has 12 heteroatoms. The Morgan fingerprint density at radius 2 is 1.68 bits per heavy atom. The van der Waals surface area contributed by atoms with Crippen LogP contribution in [0, 0.1) is 0 Å². The lowest BCUT2D eigenvalue weighted by Crippen LogP contribution is -2.41. The summed E-state index contributed by atoms with van der Waals surface area (Å²) < 4.78 is 36.0. The van der Waals surface area contributed by atoms with E-state index in [9.17, 15) is 18.3 Å². The summed E-state index contributed by atoms with van der Waals surface area (Å²) in [5.74, 6) is -0.692. The molecule has 0 aliphatic heterocycles. The minimum absolute atomic E-state index is 0.120. The predicted molar refractivity (Wildman–Crippen MR) is 85.2 cm³/mol. The number of rotatable bonds is 5. The summed E-state index contributed by atoms with van der Waals surface area (Å²) in [6, 6.07) is 3.90. The maximum atomic E-state index is 12.2. The van der Waals surface area contributed by atoms with Gasteiger partial charge in [-0.3, -0.25) is 4.90 Å². The van der Waals surface area contributed by atoms with Crippen LogP contribution in [-0.2, 0) is 10.0 Å². The van der Waals surface area contributed by atoms with Gasteiger partial charge in [0.1, 0.15) is 10.6 Å². The minimum atomic E-state index is -4.30. The fraction of sp³-hybridized carbons (Fsp3) is 0.231. The van der Waals surface area contributed by atoms with Crippen molar-refractivity contribution < 1.29 is 27.8 Å². The number of aromatic hydroxyl groups is 1. The molecule has 2 amide bonds. The van der Waals surface area contributed by atoms with Gasteiger partial charge < -0.3 is 14.6 Å². The largest absolute Gasteiger partial charge is 0.507 e. The third-order valence-corrected chi connectivity index (χ3v) is 4.30. The van der Waals surface area contributed by atoms with E-state index in [2.05, 4.69) is 15.0 Å². The molecule has 0 atom stereocenters. The summed E-state index contributed by atoms with van der Waals surface area (Å²) in [6.45, 7) is 0. The van der Waals surface area contributed by atoms with Crippen LogP contribution in [0.5, 0.6) is 17.8 Å². The number of ether oxygens (including phenoxy) is 2. The highest BCUT2D eigenvalue weighted by atomic mass is 32.2. The maximum absolute atomic E-state index is 12.2. The number of carbonyl (C=O) groups is 1. The Bertz CT molecular complexity index is 866. The van der Waals surface area contributed by atoms with Crippen LogP contribution >= 0.6 is 0 Å². The molecule has 0 aliphatic carbocycles. The standard InChI is InChI=1S/C13H15N5O6S/c1-18(10-14-11(23-2)16-12(15-10)24-3)13(20)17-25(21,22)9-7-5-4-6-8(9)19/h4-7,19H,1-3H3,(H,17,20). The van der Waals surface area contributed by atoms with Crippen molar-refractivity contribution in [2.24, 2.45) is 0 Å². The van der Waals surface area contributed by atoms with E-state index in [1.54, 1.807) is 4.72 Å². The molecule has 0 bridgehead atoms. The quantitative estimate of drug-likeness (QED) is 0.751. The van der Waals surface area contributed by atoms with E-state index in [0.29, 0.717) is 0 Å². The molecular weight excluding hydrogens is 354 g/mol. The van der Waals surface area contributed by atoms with E-state index in [-0.39, 0.29) is 18.0 Å². The van der Waals surface area contributed by atoms with Gasteiger partial charge in [-0.1, -0.05) is 12.1 Å². The van der Waals surface area contributed by atoms with Gasteiger partial charge in [-0.15, -0.1) is 4.98 Å². The Morgan fingerprint density at radius 3 is 2.20 bits per heavy atom. The zero-order valence-electron chi connectivity index (χ0n) is 13.5. The minimum Gasteiger partial charge on any atom is -0.507 e. The van der Waals surface area contributed by atoms with E-state index in [1.165, 1.54) is 39.5 Å². The van der Waals surface area contributed by atoms with Gasteiger partial charge in [-0.2, -0.15) is 9.97 Å². The molecule has 0 radical (unpaired) electrons. The van der Waals surface area contributed by atoms with Gasteiger partial charge in [-0.25, -0.2) is 17.9 Å². The monoisotopic (exact) mass is 369 g/mol. The average Bonchev–Trinajstić information content (AvgIpc) is 2.60. The van der Waals surface area contributed by atoms with E-state index in [4.69, 9.17) is 9.47 Å². The van der Waals surface area contributed by atoms with E-state index >= 15 is 0 Å². The fourth-order valence-corrected chi connectivity index (χ4v) is 2.75. The number of urea groups is 1. The van der Waals surface area contributed by atoms with Crippen molar-refractivity contribution in [3.8, 4) is 17.8 Å². The number of hydrogen-bond donors (Lipinski definition) is 2. The summed E-state index contributed by atoms with van der Waals surface area (Å²) in [5, 5.41) is 9.64. The molecule has 1 aromatic heterocycles. The number of phenols is 1. The van der Waals surface area contributed by atoms with Crippen LogP contribution in [0.15, 0.2) is 29.2 Å². The van der Waals surface area contributed by atoms with Gasteiger partial charge >= 0.3 is 18.1 Å². The fourth-order valence-electron chi connectivity index (χ4n) is 1.67. The van der Waals surface area contributed by atoms with Crippen molar-refractivity contribution >= 4 is 22.0 Å². The molecule has 0 aliphatic rings. The summed E-state index contributed by atoms with van der Waals surface area (Å²) in [7, 11) is -0.446. The Labute approximate surface area is 143 Å². The number of anilines is 1. The molecular formula is C13H15N5O6S. The molecule has 0 saturated carbocycles. The number of methoxy groups -OCH3 is 2. The molecule has 0 spiro atoms. The zero-order chi connectivity index (χ0) is 18.6. The first-order valence-electron chi connectivity index (χ1n) is 6.71. The van der Waals surface area contributed by atoms with Crippen LogP contribution in [0.2, 0.25) is 0 Å². The highest BCUT2D eigenvalue weighted by Gasteiger charge is 2.25. The Hall–Kier alpha value is -3.15. The number of sulfonamides is 1. The van der Waals surface area contributed by atoms with Gasteiger partial charge in [0.15, 0.2) is 0 Å². The van der Waals surface area contributed by atoms with Crippen molar-refractivity contribution in [2.45, 2.75) is 4.90 Å². The lowest BCUT2D eigenvalue weighted by atomic mass is 10.3. The van der Waals surface area contributed by atoms with Gasteiger partial charge in [0, 0.05) is 7.05 Å². The molecule has 0 saturated heterocycles. The van der Waals surface area contributed by atoms with Crippen LogP contribution < -0.4 is 19.1 Å². The van der Waals surface area contributed by atoms with Crippen LogP contribution in [0.1, 0.15) is 0 Å². The Balaban J connectivity index is 2.28. The van der Waals surface area contributed by atoms with Gasteiger partial charge in [0.2, 0.25) is 5.95 Å². The van der Waals surface area contributed by atoms with E-state index in [0.717, 1.165) is 11.0 Å². The number of nitrogens with one attached hydrogen (secondary N) is 1. The molecule has 1 aromatic carbocycles. The highest BCUT2D eigenvalue weighted by molar-refractivity contribution is 7.90. The van der Waals surface area contributed by atoms with Crippen molar-refractivity contribution in [3.63, 3.8) is 0 Å². The Kier molecular flexibility index (Phi) is 5.22. The number of para-hydroxylation sites is 1. The average molecular weight is 369 g/mol. The number of aromatic nitrogens is 3. The molecule has 0 fully saturated rings. The first kappa shape index (κ1) is 18.2. The normalized spacial score (nSPS) is 10.8. The SMILES string of the molecule is COc1nc(OC)nc(N(C)C(=O)NS(=O)(=O)c2ccccc2O)n1. The van der Waals surface area contributed by atoms with Crippen molar-refractivity contribution in [2.75, 3.05) is 26.2 Å². The first-order valence-corrected chi connectivity index (χ1v) is 8.19. The van der Waals surface area contributed by atoms with Crippen molar-refractivity contribution in [3.05, 3.63) is 24.3 Å². The molecule has 0 unspecified atom stereocenters. The smallest absolute Gasteiger partial charge is 0.337 e. The second-order valence-electron chi connectivity index (χ2n) is 4.55. The van der Waals surface area contributed by atoms with Crippen LogP contribution in [0.3, 0.4) is 0 Å². The van der Waals surface area contributed by atoms with Crippen LogP contribution in [0.4, 0.5) is 10.7 Å². The van der Waals surface area contributed by atoms with Gasteiger partial charge in [-0.05, 0) is 12.1 Å². The molecule has 2 rings (SSSR count). The summed E-state index contributed by atoms with van der Waals surface area (Å²) in [4.78, 5) is 24.0. The second kappa shape index (κ2) is 7.17. The first-order chi connectivity index (χ1) is 11.8. The van der Waals surface area contributed by atoms with E-state index in [1.807, 2.05) is 0 Å². The molecule has 25 heavy (non-hydrogen) atoms. The van der Waals surface area contributed by atoms with Gasteiger partial charge in [0.05, 0.1) is 14.2 Å². The maximum Gasteiger partial charge on any atom is 0.337 e. The lowest BCUT2D eigenvalue weighted by molar-refractivity contribution is 0.251. The second-order valence-corrected chi connectivity index (χ2v) is 6.20. The lowest BCUT2D eigenvalue weighted by Gasteiger charge is -2.17. The predicted octanol–water partition coefficient (Wildman–Crippen LogP) is 0.129. The Morgan fingerprint density at radius 1 is 1.12 bits per heavy atom. The number of carbonyl (C=O) groups excluding carboxylic acids is 1. The highest BCUT2D eigenvalue weighted by Crippen LogP contribution is 2.21. The third-order valence-electron chi connectivity index (χ3n) is 2.93. The number of amides is 2. The zero-order valence-corrected chi connectivity index (χ0v) is 14.3. The summed E-state index contributed by atoms with van der Waals surface area (Å²) in [5.41, 5.74) is 0. The van der Waals surface area contributed by atoms with Gasteiger partial charge in [0.25, 0.3) is 10.0 Å². The van der Waals surface area contributed by atoms with Crippen molar-refractivity contribution in [1.82, 2.24) is 19.7 Å². The van der Waals surface area contributed by atoms with Crippen LogP contribution in [0.25, 0.3) is 0 Å². The number of benzene rings is 1. The molecule has 134 valence electrons. The number of hydrogen-bond acceptors (Lipinski definition) is 9. The molecule has 11 nitrogen and oxygen atoms in total. The summed E-state index contributed by atoms with van der Waals surface area (Å²) >= 11 is 0. The van der Waals surface area contributed by atoms with Crippen LogP contribution in [-0.4, -0.2) is 55.8 Å². The molecule has 2 N–H and O–H groups in total. The third kappa shape index (κ3) is 4.03. The number of nitrogens with zero attached hydrogens (tertiary/aromatic N) is 4. The number of phenolic OH excluding ortho intramolecular Hbond substituents is 1. The van der Waals surface area contributed by atoms with E-state index < -0.39 is 26.7 Å².